The number of methoxy groups -OCH3 is 2. The molecule has 0 unspecified atom stereocenters. The fourth-order valence-corrected chi connectivity index (χ4v) is 3.15. The number of aryl methyl sites for hydroxylation is 1. The van der Waals surface area contributed by atoms with Gasteiger partial charge in [0.15, 0.2) is 11.5 Å². The van der Waals surface area contributed by atoms with Crippen molar-refractivity contribution in [3.8, 4) is 11.5 Å². The molecule has 0 radical (unpaired) electrons. The van der Waals surface area contributed by atoms with Gasteiger partial charge in [-0.1, -0.05) is 18.2 Å². The van der Waals surface area contributed by atoms with Crippen LogP contribution in [0.15, 0.2) is 42.5 Å². The lowest BCUT2D eigenvalue weighted by molar-refractivity contribution is -0.119. The molecule has 138 valence electrons. The predicted molar refractivity (Wildman–Crippen MR) is 102 cm³/mol. The Hall–Kier alpha value is -2.67. The van der Waals surface area contributed by atoms with Crippen molar-refractivity contribution in [3.63, 3.8) is 0 Å². The summed E-state index contributed by atoms with van der Waals surface area (Å²) in [5.74, 6) is 1.60. The Bertz CT molecular complexity index is 766. The van der Waals surface area contributed by atoms with Crippen LogP contribution in [0.4, 0.5) is 0 Å². The lowest BCUT2D eigenvalue weighted by atomic mass is 10.1. The van der Waals surface area contributed by atoms with Crippen molar-refractivity contribution in [2.45, 2.75) is 12.7 Å². The zero-order valence-corrected chi connectivity index (χ0v) is 15.8. The fourth-order valence-electron chi connectivity index (χ4n) is 2.26. The van der Waals surface area contributed by atoms with Gasteiger partial charge in [-0.25, -0.2) is 0 Å². The van der Waals surface area contributed by atoms with E-state index in [1.807, 2.05) is 25.1 Å². The van der Waals surface area contributed by atoms with Crippen LogP contribution in [-0.4, -0.2) is 31.8 Å². The minimum atomic E-state index is -0.348. The topological polar surface area (TPSA) is 76.7 Å². The second-order valence-corrected chi connectivity index (χ2v) is 6.48. The molecule has 0 aliphatic carbocycles. The zero-order chi connectivity index (χ0) is 18.9. The standard InChI is InChI=1S/C19H22N2O4S/c1-13-9-16(24-2)17(25-3)10-15(13)11-26-12-18(22)20-21-19(23)14-7-5-4-6-8-14/h4-10H,11-12H2,1-3H3,(H,20,22)(H,21,23). The van der Waals surface area contributed by atoms with Crippen LogP contribution in [0.2, 0.25) is 0 Å². The van der Waals surface area contributed by atoms with Gasteiger partial charge in [-0.2, -0.15) is 0 Å². The first kappa shape index (κ1) is 19.7. The maximum atomic E-state index is 11.9. The van der Waals surface area contributed by atoms with E-state index in [0.717, 1.165) is 11.1 Å². The number of carbonyl (C=O) groups excluding carboxylic acids is 2. The van der Waals surface area contributed by atoms with E-state index in [0.29, 0.717) is 22.8 Å². The first-order valence-electron chi connectivity index (χ1n) is 7.98. The number of amides is 2. The molecule has 0 aromatic heterocycles. The molecule has 0 saturated heterocycles. The first-order chi connectivity index (χ1) is 12.5. The average Bonchev–Trinajstić information content (AvgIpc) is 2.67. The predicted octanol–water partition coefficient (Wildman–Crippen LogP) is 2.71. The van der Waals surface area contributed by atoms with Crippen LogP contribution in [0.1, 0.15) is 21.5 Å². The smallest absolute Gasteiger partial charge is 0.269 e. The number of thioether (sulfide) groups is 1. The van der Waals surface area contributed by atoms with E-state index in [1.165, 1.54) is 11.8 Å². The van der Waals surface area contributed by atoms with Crippen LogP contribution < -0.4 is 20.3 Å². The number of hydrogen-bond acceptors (Lipinski definition) is 5. The summed E-state index contributed by atoms with van der Waals surface area (Å²) in [7, 11) is 3.19. The van der Waals surface area contributed by atoms with Crippen LogP contribution in [0.5, 0.6) is 11.5 Å². The highest BCUT2D eigenvalue weighted by Crippen LogP contribution is 2.31. The molecule has 0 aliphatic rings. The van der Waals surface area contributed by atoms with Gasteiger partial charge in [0.2, 0.25) is 5.91 Å². The van der Waals surface area contributed by atoms with E-state index >= 15 is 0 Å². The van der Waals surface area contributed by atoms with Gasteiger partial charge in [0.05, 0.1) is 20.0 Å². The lowest BCUT2D eigenvalue weighted by Gasteiger charge is -2.12. The van der Waals surface area contributed by atoms with Crippen LogP contribution in [0.25, 0.3) is 0 Å². The largest absolute Gasteiger partial charge is 0.493 e. The third kappa shape index (κ3) is 5.42. The Morgan fingerprint density at radius 3 is 2.31 bits per heavy atom. The van der Waals surface area contributed by atoms with Crippen LogP contribution in [0.3, 0.4) is 0 Å². The molecule has 2 aromatic carbocycles. The number of hydrogen-bond donors (Lipinski definition) is 2. The molecule has 0 heterocycles. The van der Waals surface area contributed by atoms with E-state index in [2.05, 4.69) is 10.9 Å². The second kappa shape index (κ2) is 9.72. The molecule has 26 heavy (non-hydrogen) atoms. The fraction of sp³-hybridized carbons (Fsp3) is 0.263. The summed E-state index contributed by atoms with van der Waals surface area (Å²) in [6.45, 7) is 1.98. The van der Waals surface area contributed by atoms with E-state index in [4.69, 9.17) is 9.47 Å². The van der Waals surface area contributed by atoms with Crippen molar-refractivity contribution in [3.05, 3.63) is 59.2 Å². The van der Waals surface area contributed by atoms with Crippen LogP contribution >= 0.6 is 11.8 Å². The highest BCUT2D eigenvalue weighted by Gasteiger charge is 2.10. The summed E-state index contributed by atoms with van der Waals surface area (Å²) in [6.07, 6.45) is 0. The minimum absolute atomic E-state index is 0.225. The number of carbonyl (C=O) groups is 2. The number of benzene rings is 2. The zero-order valence-electron chi connectivity index (χ0n) is 15.0. The lowest BCUT2D eigenvalue weighted by Crippen LogP contribution is -2.42. The molecule has 0 bridgehead atoms. The summed E-state index contributed by atoms with van der Waals surface area (Å²) in [5.41, 5.74) is 7.44. The molecule has 2 N–H and O–H groups in total. The molecule has 0 aliphatic heterocycles. The Kier molecular flexibility index (Phi) is 7.35. The third-order valence-corrected chi connectivity index (χ3v) is 4.67. The summed E-state index contributed by atoms with van der Waals surface area (Å²) in [4.78, 5) is 23.7. The Labute approximate surface area is 157 Å². The Morgan fingerprint density at radius 2 is 1.65 bits per heavy atom. The van der Waals surface area contributed by atoms with Gasteiger partial charge in [0.1, 0.15) is 0 Å². The third-order valence-electron chi connectivity index (χ3n) is 3.68. The molecule has 7 heteroatoms. The molecule has 0 spiro atoms. The van der Waals surface area contributed by atoms with Gasteiger partial charge >= 0.3 is 0 Å². The van der Waals surface area contributed by atoms with Gasteiger partial charge in [0.25, 0.3) is 5.91 Å². The summed E-state index contributed by atoms with van der Waals surface area (Å²) >= 11 is 1.45. The van der Waals surface area contributed by atoms with Gasteiger partial charge in [-0.05, 0) is 42.3 Å². The summed E-state index contributed by atoms with van der Waals surface area (Å²) in [6, 6.07) is 12.5. The quantitative estimate of drug-likeness (QED) is 0.729. The molecular weight excluding hydrogens is 352 g/mol. The summed E-state index contributed by atoms with van der Waals surface area (Å²) in [5, 5.41) is 0. The molecular formula is C19H22N2O4S. The van der Waals surface area contributed by atoms with Crippen molar-refractivity contribution in [2.24, 2.45) is 0 Å². The highest BCUT2D eigenvalue weighted by molar-refractivity contribution is 7.99. The summed E-state index contributed by atoms with van der Waals surface area (Å²) < 4.78 is 10.6. The number of hydrazine groups is 1. The van der Waals surface area contributed by atoms with Gasteiger partial charge in [-0.15, -0.1) is 11.8 Å². The van der Waals surface area contributed by atoms with Crippen molar-refractivity contribution in [1.29, 1.82) is 0 Å². The molecule has 0 atom stereocenters. The first-order valence-corrected chi connectivity index (χ1v) is 9.14. The minimum Gasteiger partial charge on any atom is -0.493 e. The van der Waals surface area contributed by atoms with Crippen molar-refractivity contribution >= 4 is 23.6 Å². The van der Waals surface area contributed by atoms with Gasteiger partial charge in [-0.3, -0.25) is 20.4 Å². The Morgan fingerprint density at radius 1 is 1.00 bits per heavy atom. The number of nitrogens with one attached hydrogen (secondary N) is 2. The van der Waals surface area contributed by atoms with Crippen molar-refractivity contribution < 1.29 is 19.1 Å². The maximum absolute atomic E-state index is 11.9. The van der Waals surface area contributed by atoms with Gasteiger partial charge in [0, 0.05) is 11.3 Å². The van der Waals surface area contributed by atoms with E-state index < -0.39 is 0 Å². The highest BCUT2D eigenvalue weighted by atomic mass is 32.2. The van der Waals surface area contributed by atoms with E-state index in [1.54, 1.807) is 38.5 Å². The molecule has 0 saturated carbocycles. The molecule has 0 fully saturated rings. The number of ether oxygens (including phenoxy) is 2. The van der Waals surface area contributed by atoms with Crippen molar-refractivity contribution in [1.82, 2.24) is 10.9 Å². The molecule has 2 aromatic rings. The SMILES string of the molecule is COc1cc(C)c(CSCC(=O)NNC(=O)c2ccccc2)cc1OC. The number of rotatable bonds is 7. The van der Waals surface area contributed by atoms with Crippen LogP contribution in [0, 0.1) is 6.92 Å². The Balaban J connectivity index is 1.80. The van der Waals surface area contributed by atoms with Crippen molar-refractivity contribution in [2.75, 3.05) is 20.0 Å². The van der Waals surface area contributed by atoms with Gasteiger partial charge < -0.3 is 9.47 Å². The second-order valence-electron chi connectivity index (χ2n) is 5.49. The van der Waals surface area contributed by atoms with E-state index in [-0.39, 0.29) is 17.6 Å². The monoisotopic (exact) mass is 374 g/mol. The van der Waals surface area contributed by atoms with E-state index in [9.17, 15) is 9.59 Å². The molecule has 2 amide bonds. The normalized spacial score (nSPS) is 10.1. The molecule has 6 nitrogen and oxygen atoms in total. The van der Waals surface area contributed by atoms with Crippen LogP contribution in [-0.2, 0) is 10.5 Å². The molecule has 2 rings (SSSR count). The maximum Gasteiger partial charge on any atom is 0.269 e. The average molecular weight is 374 g/mol.